The van der Waals surface area contributed by atoms with Crippen molar-refractivity contribution in [1.29, 1.82) is 0 Å². The minimum Gasteiger partial charge on any atom is -0.464 e. The van der Waals surface area contributed by atoms with Gasteiger partial charge in [0.2, 0.25) is 0 Å². The summed E-state index contributed by atoms with van der Waals surface area (Å²) in [7, 11) is 0. The van der Waals surface area contributed by atoms with Crippen molar-refractivity contribution in [3.63, 3.8) is 0 Å². The summed E-state index contributed by atoms with van der Waals surface area (Å²) in [5.74, 6) is 1.70. The first-order chi connectivity index (χ1) is 8.61. The molecule has 0 saturated heterocycles. The predicted octanol–water partition coefficient (Wildman–Crippen LogP) is 4.39. The Morgan fingerprint density at radius 3 is 2.39 bits per heavy atom. The Bertz CT molecular complexity index is 516. The van der Waals surface area contributed by atoms with Gasteiger partial charge in [0, 0.05) is 16.5 Å². The van der Waals surface area contributed by atoms with Gasteiger partial charge in [0.05, 0.1) is 6.04 Å². The highest BCUT2D eigenvalue weighted by Gasteiger charge is 2.15. The minimum absolute atomic E-state index is 0.234. The Labute approximate surface area is 117 Å². The van der Waals surface area contributed by atoms with Crippen LogP contribution in [0, 0.1) is 0 Å². The molecule has 0 aliphatic carbocycles. The Morgan fingerprint density at radius 2 is 1.83 bits per heavy atom. The van der Waals surface area contributed by atoms with Crippen LogP contribution >= 0.6 is 23.2 Å². The lowest BCUT2D eigenvalue weighted by Crippen LogP contribution is -2.13. The van der Waals surface area contributed by atoms with Crippen LogP contribution < -0.4 is 5.73 Å². The minimum atomic E-state index is -0.234. The van der Waals surface area contributed by atoms with Gasteiger partial charge in [-0.1, -0.05) is 36.2 Å². The molecule has 4 heteroatoms. The third kappa shape index (κ3) is 2.89. The van der Waals surface area contributed by atoms with Crippen molar-refractivity contribution < 1.29 is 4.42 Å². The summed E-state index contributed by atoms with van der Waals surface area (Å²) in [4.78, 5) is 0. The number of furan rings is 1. The van der Waals surface area contributed by atoms with E-state index in [4.69, 9.17) is 33.4 Å². The zero-order valence-electron chi connectivity index (χ0n) is 10.1. The van der Waals surface area contributed by atoms with Crippen LogP contribution in [-0.2, 0) is 12.8 Å². The van der Waals surface area contributed by atoms with Gasteiger partial charge in [-0.25, -0.2) is 0 Å². The average molecular weight is 284 g/mol. The molecule has 1 aromatic carbocycles. The molecule has 0 bridgehead atoms. The molecule has 0 fully saturated rings. The maximum Gasteiger partial charge on any atom is 0.121 e. The van der Waals surface area contributed by atoms with Crippen molar-refractivity contribution in [2.75, 3.05) is 0 Å². The number of rotatable bonds is 4. The van der Waals surface area contributed by atoms with Gasteiger partial charge in [-0.15, -0.1) is 0 Å². The fourth-order valence-corrected chi connectivity index (χ4v) is 2.38. The van der Waals surface area contributed by atoms with Gasteiger partial charge in [0.25, 0.3) is 0 Å². The number of aryl methyl sites for hydroxylation is 1. The number of halogens is 2. The summed E-state index contributed by atoms with van der Waals surface area (Å²) in [6, 6.07) is 9.08. The molecule has 0 aliphatic rings. The zero-order valence-corrected chi connectivity index (χ0v) is 11.6. The molecule has 1 atom stereocenters. The van der Waals surface area contributed by atoms with Crippen LogP contribution in [0.1, 0.15) is 30.0 Å². The summed E-state index contributed by atoms with van der Waals surface area (Å²) < 4.78 is 5.64. The van der Waals surface area contributed by atoms with E-state index in [-0.39, 0.29) is 6.04 Å². The van der Waals surface area contributed by atoms with Crippen LogP contribution in [0.4, 0.5) is 0 Å². The standard InChI is InChI=1S/C14H15Cl2NO/c1-2-9-6-7-14(18-9)13(17)8-10-11(15)4-3-5-12(10)16/h3-7,13H,2,8,17H2,1H3. The molecule has 0 spiro atoms. The van der Waals surface area contributed by atoms with Crippen molar-refractivity contribution >= 4 is 23.2 Å². The summed E-state index contributed by atoms with van der Waals surface area (Å²) in [6.45, 7) is 2.04. The Kier molecular flexibility index (Phi) is 4.33. The van der Waals surface area contributed by atoms with Crippen LogP contribution in [0.15, 0.2) is 34.7 Å². The molecule has 0 aliphatic heterocycles. The molecular formula is C14H15Cl2NO. The van der Waals surface area contributed by atoms with Crippen LogP contribution in [0.3, 0.4) is 0 Å². The van der Waals surface area contributed by atoms with Gasteiger partial charge < -0.3 is 10.2 Å². The highest BCUT2D eigenvalue weighted by atomic mass is 35.5. The maximum absolute atomic E-state index is 6.12. The normalized spacial score (nSPS) is 12.7. The van der Waals surface area contributed by atoms with Gasteiger partial charge in [0.15, 0.2) is 0 Å². The van der Waals surface area contributed by atoms with E-state index in [1.54, 1.807) is 0 Å². The third-order valence-corrected chi connectivity index (χ3v) is 3.59. The van der Waals surface area contributed by atoms with Crippen LogP contribution in [0.2, 0.25) is 10.0 Å². The fourth-order valence-electron chi connectivity index (χ4n) is 1.83. The molecule has 0 saturated carbocycles. The molecule has 2 rings (SSSR count). The third-order valence-electron chi connectivity index (χ3n) is 2.88. The molecule has 2 N–H and O–H groups in total. The molecule has 1 aromatic heterocycles. The molecule has 96 valence electrons. The van der Waals surface area contributed by atoms with Gasteiger partial charge in [0.1, 0.15) is 11.5 Å². The van der Waals surface area contributed by atoms with E-state index < -0.39 is 0 Å². The highest BCUT2D eigenvalue weighted by molar-refractivity contribution is 6.35. The molecule has 1 unspecified atom stereocenters. The fraction of sp³-hybridized carbons (Fsp3) is 0.286. The van der Waals surface area contributed by atoms with Crippen LogP contribution in [0.5, 0.6) is 0 Å². The zero-order chi connectivity index (χ0) is 13.1. The van der Waals surface area contributed by atoms with Crippen molar-refractivity contribution in [3.05, 3.63) is 57.5 Å². The van der Waals surface area contributed by atoms with Gasteiger partial charge in [-0.3, -0.25) is 0 Å². The lowest BCUT2D eigenvalue weighted by atomic mass is 10.0. The quantitative estimate of drug-likeness (QED) is 0.904. The molecule has 1 heterocycles. The number of hydrogen-bond donors (Lipinski definition) is 1. The van der Waals surface area contributed by atoms with E-state index in [9.17, 15) is 0 Å². The second kappa shape index (κ2) is 5.79. The van der Waals surface area contributed by atoms with E-state index in [2.05, 4.69) is 0 Å². The van der Waals surface area contributed by atoms with E-state index in [1.165, 1.54) is 0 Å². The van der Waals surface area contributed by atoms with Crippen LogP contribution in [0.25, 0.3) is 0 Å². The Morgan fingerprint density at radius 1 is 1.17 bits per heavy atom. The smallest absolute Gasteiger partial charge is 0.121 e. The SMILES string of the molecule is CCc1ccc(C(N)Cc2c(Cl)cccc2Cl)o1. The van der Waals surface area contributed by atoms with Crippen molar-refractivity contribution in [2.45, 2.75) is 25.8 Å². The Balaban J connectivity index is 2.18. The van der Waals surface area contributed by atoms with Gasteiger partial charge in [-0.05, 0) is 36.2 Å². The molecule has 2 nitrogen and oxygen atoms in total. The lowest BCUT2D eigenvalue weighted by Gasteiger charge is -2.11. The van der Waals surface area contributed by atoms with E-state index in [0.717, 1.165) is 23.5 Å². The van der Waals surface area contributed by atoms with E-state index in [1.807, 2.05) is 37.3 Å². The van der Waals surface area contributed by atoms with Gasteiger partial charge in [-0.2, -0.15) is 0 Å². The highest BCUT2D eigenvalue weighted by Crippen LogP contribution is 2.29. The first-order valence-corrected chi connectivity index (χ1v) is 6.64. The first kappa shape index (κ1) is 13.5. The van der Waals surface area contributed by atoms with Gasteiger partial charge >= 0.3 is 0 Å². The number of benzene rings is 1. The first-order valence-electron chi connectivity index (χ1n) is 5.89. The molecule has 0 amide bonds. The largest absolute Gasteiger partial charge is 0.464 e. The molecule has 2 aromatic rings. The monoisotopic (exact) mass is 283 g/mol. The summed E-state index contributed by atoms with van der Waals surface area (Å²) >= 11 is 12.2. The average Bonchev–Trinajstić information content (AvgIpc) is 2.82. The van der Waals surface area contributed by atoms with E-state index in [0.29, 0.717) is 16.5 Å². The van der Waals surface area contributed by atoms with E-state index >= 15 is 0 Å². The maximum atomic E-state index is 6.12. The molecule has 18 heavy (non-hydrogen) atoms. The van der Waals surface area contributed by atoms with Crippen molar-refractivity contribution in [1.82, 2.24) is 0 Å². The summed E-state index contributed by atoms with van der Waals surface area (Å²) in [6.07, 6.45) is 1.43. The second-order valence-electron chi connectivity index (χ2n) is 4.17. The summed E-state index contributed by atoms with van der Waals surface area (Å²) in [5.41, 5.74) is 6.99. The lowest BCUT2D eigenvalue weighted by molar-refractivity contribution is 0.434. The Hall–Kier alpha value is -0.960. The van der Waals surface area contributed by atoms with Crippen molar-refractivity contribution in [2.24, 2.45) is 5.73 Å². The summed E-state index contributed by atoms with van der Waals surface area (Å²) in [5, 5.41) is 1.28. The van der Waals surface area contributed by atoms with Crippen LogP contribution in [-0.4, -0.2) is 0 Å². The number of nitrogens with two attached hydrogens (primary N) is 1. The number of hydrogen-bond acceptors (Lipinski definition) is 2. The molecule has 0 radical (unpaired) electrons. The predicted molar refractivity (Wildman–Crippen MR) is 75.2 cm³/mol. The second-order valence-corrected chi connectivity index (χ2v) is 4.98. The topological polar surface area (TPSA) is 39.2 Å². The van der Waals surface area contributed by atoms with Crippen molar-refractivity contribution in [3.8, 4) is 0 Å². The molecular weight excluding hydrogens is 269 g/mol.